The molecule has 3 heterocycles. The summed E-state index contributed by atoms with van der Waals surface area (Å²) in [5.74, 6) is 1.82. The van der Waals surface area contributed by atoms with Crippen LogP contribution < -0.4 is 10.2 Å². The lowest BCUT2D eigenvalue weighted by molar-refractivity contribution is -0.121. The van der Waals surface area contributed by atoms with Crippen LogP contribution in [0.3, 0.4) is 0 Å². The van der Waals surface area contributed by atoms with Gasteiger partial charge < -0.3 is 10.2 Å². The van der Waals surface area contributed by atoms with E-state index in [9.17, 15) is 10.1 Å². The molecule has 0 radical (unpaired) electrons. The smallest absolute Gasteiger partial charge is 0.133 e. The summed E-state index contributed by atoms with van der Waals surface area (Å²) < 4.78 is 0. The molecule has 0 spiro atoms. The zero-order valence-corrected chi connectivity index (χ0v) is 15.7. The van der Waals surface area contributed by atoms with Gasteiger partial charge in [0.25, 0.3) is 0 Å². The molecule has 27 heavy (non-hydrogen) atoms. The standard InChI is InChI=1S/C21H25N5O/c1-14-6-15(7-18(27)8-16-10-23-11-16)13-26(12-14)19-3-2-17(9-22)20-21(19)25-5-4-24-20/h2-5,14-16,23H,6-8,10-13H2,1H3/t14-,15-/m0/s1. The van der Waals surface area contributed by atoms with E-state index in [1.54, 1.807) is 12.4 Å². The number of nitrogens with one attached hydrogen (secondary N) is 1. The minimum atomic E-state index is 0.372. The van der Waals surface area contributed by atoms with Crippen molar-refractivity contribution in [2.75, 3.05) is 31.1 Å². The fourth-order valence-electron chi connectivity index (χ4n) is 4.43. The van der Waals surface area contributed by atoms with E-state index in [0.29, 0.717) is 47.5 Å². The molecule has 1 aromatic heterocycles. The zero-order chi connectivity index (χ0) is 18.8. The minimum Gasteiger partial charge on any atom is -0.369 e. The third kappa shape index (κ3) is 3.79. The maximum atomic E-state index is 12.5. The summed E-state index contributed by atoms with van der Waals surface area (Å²) in [5.41, 5.74) is 2.99. The summed E-state index contributed by atoms with van der Waals surface area (Å²) in [5, 5.41) is 12.6. The van der Waals surface area contributed by atoms with E-state index >= 15 is 0 Å². The van der Waals surface area contributed by atoms with Gasteiger partial charge in [-0.3, -0.25) is 14.8 Å². The van der Waals surface area contributed by atoms with Crippen molar-refractivity contribution < 1.29 is 4.79 Å². The number of fused-ring (bicyclic) bond motifs is 1. The van der Waals surface area contributed by atoms with Crippen LogP contribution in [-0.2, 0) is 4.79 Å². The topological polar surface area (TPSA) is 81.9 Å². The van der Waals surface area contributed by atoms with Crippen molar-refractivity contribution in [3.05, 3.63) is 30.1 Å². The van der Waals surface area contributed by atoms with E-state index in [0.717, 1.165) is 43.8 Å². The molecular weight excluding hydrogens is 338 g/mol. The number of carbonyl (C=O) groups is 1. The lowest BCUT2D eigenvalue weighted by atomic mass is 9.84. The van der Waals surface area contributed by atoms with Gasteiger partial charge in [0.2, 0.25) is 0 Å². The first kappa shape index (κ1) is 17.9. The van der Waals surface area contributed by atoms with Gasteiger partial charge in [0, 0.05) is 38.3 Å². The van der Waals surface area contributed by atoms with Crippen LogP contribution in [-0.4, -0.2) is 41.9 Å². The number of anilines is 1. The highest BCUT2D eigenvalue weighted by atomic mass is 16.1. The molecule has 0 aliphatic carbocycles. The Bertz CT molecular complexity index is 886. The number of carbonyl (C=O) groups excluding carboxylic acids is 1. The Morgan fingerprint density at radius 1 is 1.19 bits per heavy atom. The molecule has 2 saturated heterocycles. The number of hydrogen-bond donors (Lipinski definition) is 1. The van der Waals surface area contributed by atoms with Crippen molar-refractivity contribution in [3.63, 3.8) is 0 Å². The molecule has 0 bridgehead atoms. The number of aromatic nitrogens is 2. The Balaban J connectivity index is 1.54. The van der Waals surface area contributed by atoms with Crippen LogP contribution in [0, 0.1) is 29.1 Å². The van der Waals surface area contributed by atoms with E-state index < -0.39 is 0 Å². The predicted molar refractivity (Wildman–Crippen MR) is 104 cm³/mol. The van der Waals surface area contributed by atoms with Gasteiger partial charge in [-0.05, 0) is 49.4 Å². The van der Waals surface area contributed by atoms with Crippen LogP contribution in [0.5, 0.6) is 0 Å². The van der Waals surface area contributed by atoms with Gasteiger partial charge in [0.1, 0.15) is 22.9 Å². The highest BCUT2D eigenvalue weighted by Crippen LogP contribution is 2.33. The SMILES string of the molecule is C[C@H]1C[C@@H](CC(=O)CC2CNC2)CN(c2ccc(C#N)c3nccnc23)C1. The predicted octanol–water partition coefficient (Wildman–Crippen LogP) is 2.53. The van der Waals surface area contributed by atoms with Crippen LogP contribution in [0.4, 0.5) is 5.69 Å². The lowest BCUT2D eigenvalue weighted by Gasteiger charge is -2.38. The quantitative estimate of drug-likeness (QED) is 0.879. The number of Topliss-reactive ketones (excluding diaryl/α,β-unsaturated/α-hetero) is 1. The average molecular weight is 363 g/mol. The molecule has 2 fully saturated rings. The van der Waals surface area contributed by atoms with Gasteiger partial charge in [-0.2, -0.15) is 5.26 Å². The van der Waals surface area contributed by atoms with E-state index in [2.05, 4.69) is 33.2 Å². The Hall–Kier alpha value is -2.52. The minimum absolute atomic E-state index is 0.372. The summed E-state index contributed by atoms with van der Waals surface area (Å²) >= 11 is 0. The van der Waals surface area contributed by atoms with Gasteiger partial charge in [-0.25, -0.2) is 0 Å². The Morgan fingerprint density at radius 3 is 2.63 bits per heavy atom. The van der Waals surface area contributed by atoms with E-state index in [1.807, 2.05) is 12.1 Å². The molecular formula is C21H25N5O. The number of rotatable bonds is 5. The van der Waals surface area contributed by atoms with Crippen LogP contribution in [0.1, 0.15) is 31.7 Å². The van der Waals surface area contributed by atoms with Gasteiger partial charge >= 0.3 is 0 Å². The van der Waals surface area contributed by atoms with Crippen molar-refractivity contribution in [2.45, 2.75) is 26.2 Å². The number of nitrogens with zero attached hydrogens (tertiary/aromatic N) is 4. The van der Waals surface area contributed by atoms with E-state index in [4.69, 9.17) is 0 Å². The summed E-state index contributed by atoms with van der Waals surface area (Å²) in [6.07, 6.45) is 5.77. The van der Waals surface area contributed by atoms with Crippen molar-refractivity contribution >= 4 is 22.5 Å². The Morgan fingerprint density at radius 2 is 1.93 bits per heavy atom. The highest BCUT2D eigenvalue weighted by Gasteiger charge is 2.29. The van der Waals surface area contributed by atoms with Crippen molar-refractivity contribution in [3.8, 4) is 6.07 Å². The molecule has 2 aromatic rings. The first-order valence-electron chi connectivity index (χ1n) is 9.75. The van der Waals surface area contributed by atoms with E-state index in [1.165, 1.54) is 0 Å². The number of nitriles is 1. The molecule has 140 valence electrons. The maximum Gasteiger partial charge on any atom is 0.133 e. The third-order valence-electron chi connectivity index (χ3n) is 5.71. The number of ketones is 1. The molecule has 0 saturated carbocycles. The van der Waals surface area contributed by atoms with E-state index in [-0.39, 0.29) is 0 Å². The first-order chi connectivity index (χ1) is 13.1. The van der Waals surface area contributed by atoms with Crippen LogP contribution in [0.2, 0.25) is 0 Å². The van der Waals surface area contributed by atoms with Crippen LogP contribution in [0.25, 0.3) is 11.0 Å². The summed E-state index contributed by atoms with van der Waals surface area (Å²) in [7, 11) is 0. The molecule has 1 aromatic carbocycles. The Kier molecular flexibility index (Phi) is 5.04. The molecule has 2 aliphatic heterocycles. The summed E-state index contributed by atoms with van der Waals surface area (Å²) in [6, 6.07) is 6.01. The fourth-order valence-corrected chi connectivity index (χ4v) is 4.43. The van der Waals surface area contributed by atoms with Crippen molar-refractivity contribution in [1.82, 2.24) is 15.3 Å². The molecule has 0 amide bonds. The van der Waals surface area contributed by atoms with Gasteiger partial charge in [-0.15, -0.1) is 0 Å². The van der Waals surface area contributed by atoms with Gasteiger partial charge in [0.15, 0.2) is 0 Å². The second kappa shape index (κ2) is 7.61. The Labute approximate surface area is 159 Å². The van der Waals surface area contributed by atoms with Crippen molar-refractivity contribution in [2.24, 2.45) is 17.8 Å². The first-order valence-corrected chi connectivity index (χ1v) is 9.75. The number of piperidine rings is 1. The normalized spacial score (nSPS) is 23.0. The van der Waals surface area contributed by atoms with Gasteiger partial charge in [-0.1, -0.05) is 6.92 Å². The zero-order valence-electron chi connectivity index (χ0n) is 15.7. The monoisotopic (exact) mass is 363 g/mol. The number of hydrogen-bond acceptors (Lipinski definition) is 6. The molecule has 1 N–H and O–H groups in total. The highest BCUT2D eigenvalue weighted by molar-refractivity contribution is 5.92. The van der Waals surface area contributed by atoms with Crippen LogP contribution in [0.15, 0.2) is 24.5 Å². The molecule has 4 rings (SSSR count). The second-order valence-electron chi connectivity index (χ2n) is 8.08. The maximum absolute atomic E-state index is 12.5. The van der Waals surface area contributed by atoms with Gasteiger partial charge in [0.05, 0.1) is 11.3 Å². The largest absolute Gasteiger partial charge is 0.369 e. The third-order valence-corrected chi connectivity index (χ3v) is 5.71. The molecule has 2 aliphatic rings. The summed E-state index contributed by atoms with van der Waals surface area (Å²) in [4.78, 5) is 23.7. The lowest BCUT2D eigenvalue weighted by Crippen LogP contribution is -2.44. The molecule has 2 atom stereocenters. The fraction of sp³-hybridized carbons (Fsp3) is 0.524. The van der Waals surface area contributed by atoms with Crippen molar-refractivity contribution in [1.29, 1.82) is 5.26 Å². The average Bonchev–Trinajstić information content (AvgIpc) is 2.63. The molecule has 6 nitrogen and oxygen atoms in total. The molecule has 0 unspecified atom stereocenters. The van der Waals surface area contributed by atoms with Crippen LogP contribution >= 0.6 is 0 Å². The second-order valence-corrected chi connectivity index (χ2v) is 8.08. The number of benzene rings is 1. The molecule has 6 heteroatoms. The summed E-state index contributed by atoms with van der Waals surface area (Å²) in [6.45, 7) is 6.01.